The van der Waals surface area contributed by atoms with Gasteiger partial charge in [0.05, 0.1) is 17.1 Å². The molecule has 0 atom stereocenters. The summed E-state index contributed by atoms with van der Waals surface area (Å²) in [5.41, 5.74) is 2.19. The molecule has 1 N–H and O–H groups in total. The Bertz CT molecular complexity index is 1010. The number of carbonyl (C=O) groups is 1. The maximum absolute atomic E-state index is 13.9. The zero-order valence-corrected chi connectivity index (χ0v) is 16.7. The number of piperidine rings is 1. The maximum Gasteiger partial charge on any atom is 0.246 e. The number of sulfonamides is 1. The van der Waals surface area contributed by atoms with Crippen molar-refractivity contribution >= 4 is 21.6 Å². The molecule has 1 fully saturated rings. The van der Waals surface area contributed by atoms with Crippen molar-refractivity contribution in [1.82, 2.24) is 14.1 Å². The van der Waals surface area contributed by atoms with Crippen molar-refractivity contribution in [2.45, 2.75) is 31.6 Å². The van der Waals surface area contributed by atoms with Crippen LogP contribution in [0.1, 0.15) is 24.2 Å². The summed E-state index contributed by atoms with van der Waals surface area (Å²) < 4.78 is 55.3. The third-order valence-corrected chi connectivity index (χ3v) is 7.01. The molecule has 0 radical (unpaired) electrons. The minimum absolute atomic E-state index is 0.0569. The molecule has 7 nitrogen and oxygen atoms in total. The standard InChI is InChI=1S/C18H22F2N4O3S/c1-11-17(12(2)23(3)22-11)21-18(25)13-6-8-24(9-7-13)28(26,27)16-10-14(19)4-5-15(16)20/h4-5,10,13H,6-9H2,1-3H3,(H,21,25). The molecule has 0 spiro atoms. The summed E-state index contributed by atoms with van der Waals surface area (Å²) >= 11 is 0. The van der Waals surface area contributed by atoms with Gasteiger partial charge in [-0.2, -0.15) is 9.40 Å². The van der Waals surface area contributed by atoms with Crippen molar-refractivity contribution in [1.29, 1.82) is 0 Å². The lowest BCUT2D eigenvalue weighted by atomic mass is 9.97. The van der Waals surface area contributed by atoms with Crippen LogP contribution in [0.15, 0.2) is 23.1 Å². The fourth-order valence-corrected chi connectivity index (χ4v) is 4.90. The van der Waals surface area contributed by atoms with Crippen LogP contribution >= 0.6 is 0 Å². The molecule has 0 bridgehead atoms. The Labute approximate surface area is 162 Å². The molecule has 1 aliphatic rings. The molecule has 0 unspecified atom stereocenters. The van der Waals surface area contributed by atoms with Crippen LogP contribution in [0.5, 0.6) is 0 Å². The number of nitrogens with one attached hydrogen (secondary N) is 1. The number of nitrogens with zero attached hydrogens (tertiary/aromatic N) is 3. The Morgan fingerprint density at radius 2 is 1.86 bits per heavy atom. The molecule has 152 valence electrons. The molecular weight excluding hydrogens is 390 g/mol. The molecule has 0 aliphatic carbocycles. The minimum Gasteiger partial charge on any atom is -0.323 e. The van der Waals surface area contributed by atoms with Gasteiger partial charge in [-0.3, -0.25) is 9.48 Å². The summed E-state index contributed by atoms with van der Waals surface area (Å²) in [5.74, 6) is -2.39. The molecule has 28 heavy (non-hydrogen) atoms. The number of hydrogen-bond donors (Lipinski definition) is 1. The lowest BCUT2D eigenvalue weighted by Crippen LogP contribution is -2.41. The second kappa shape index (κ2) is 7.59. The summed E-state index contributed by atoms with van der Waals surface area (Å²) in [4.78, 5) is 11.9. The normalized spacial score (nSPS) is 16.3. The van der Waals surface area contributed by atoms with Gasteiger partial charge in [0.25, 0.3) is 0 Å². The van der Waals surface area contributed by atoms with E-state index in [0.717, 1.165) is 22.1 Å². The number of carbonyl (C=O) groups excluding carboxylic acids is 1. The number of halogens is 2. The first-order valence-corrected chi connectivity index (χ1v) is 10.3. The number of aryl methyl sites for hydroxylation is 2. The Kier molecular flexibility index (Phi) is 5.53. The molecule has 1 amide bonds. The van der Waals surface area contributed by atoms with E-state index in [0.29, 0.717) is 30.3 Å². The highest BCUT2D eigenvalue weighted by Crippen LogP contribution is 2.27. The Hall–Kier alpha value is -2.33. The van der Waals surface area contributed by atoms with E-state index in [4.69, 9.17) is 0 Å². The number of anilines is 1. The van der Waals surface area contributed by atoms with Gasteiger partial charge in [-0.05, 0) is 44.9 Å². The maximum atomic E-state index is 13.9. The highest BCUT2D eigenvalue weighted by Gasteiger charge is 2.34. The van der Waals surface area contributed by atoms with Crippen molar-refractivity contribution in [2.24, 2.45) is 13.0 Å². The monoisotopic (exact) mass is 412 g/mol. The zero-order valence-electron chi connectivity index (χ0n) is 15.9. The molecule has 10 heteroatoms. The third kappa shape index (κ3) is 3.79. The fourth-order valence-electron chi connectivity index (χ4n) is 3.35. The van der Waals surface area contributed by atoms with Crippen molar-refractivity contribution in [3.05, 3.63) is 41.2 Å². The van der Waals surface area contributed by atoms with E-state index >= 15 is 0 Å². The largest absolute Gasteiger partial charge is 0.323 e. The molecule has 1 saturated heterocycles. The molecular formula is C18H22F2N4O3S. The summed E-state index contributed by atoms with van der Waals surface area (Å²) in [5, 5.41) is 7.12. The van der Waals surface area contributed by atoms with Gasteiger partial charge in [0, 0.05) is 26.1 Å². The first kappa shape index (κ1) is 20.4. The average molecular weight is 412 g/mol. The number of rotatable bonds is 4. The summed E-state index contributed by atoms with van der Waals surface area (Å²) in [7, 11) is -2.38. The topological polar surface area (TPSA) is 84.3 Å². The molecule has 2 heterocycles. The first-order chi connectivity index (χ1) is 13.1. The van der Waals surface area contributed by atoms with E-state index in [1.807, 2.05) is 6.92 Å². The lowest BCUT2D eigenvalue weighted by molar-refractivity contribution is -0.120. The fraction of sp³-hybridized carbons (Fsp3) is 0.444. The summed E-state index contributed by atoms with van der Waals surface area (Å²) in [6, 6.07) is 2.34. The highest BCUT2D eigenvalue weighted by atomic mass is 32.2. The van der Waals surface area contributed by atoms with Crippen LogP contribution in [0.2, 0.25) is 0 Å². The van der Waals surface area contributed by atoms with Gasteiger partial charge in [0.15, 0.2) is 0 Å². The van der Waals surface area contributed by atoms with Crippen LogP contribution in [0.4, 0.5) is 14.5 Å². The summed E-state index contributed by atoms with van der Waals surface area (Å²) in [6.45, 7) is 3.76. The van der Waals surface area contributed by atoms with Crippen molar-refractivity contribution < 1.29 is 22.0 Å². The number of hydrogen-bond acceptors (Lipinski definition) is 4. The van der Waals surface area contributed by atoms with E-state index in [2.05, 4.69) is 10.4 Å². The minimum atomic E-state index is -4.16. The second-order valence-corrected chi connectivity index (χ2v) is 8.82. The van der Waals surface area contributed by atoms with Crippen molar-refractivity contribution in [3.8, 4) is 0 Å². The molecule has 3 rings (SSSR count). The van der Waals surface area contributed by atoms with Gasteiger partial charge in [-0.25, -0.2) is 17.2 Å². The number of aromatic nitrogens is 2. The number of amides is 1. The molecule has 1 aliphatic heterocycles. The van der Waals surface area contributed by atoms with Crippen molar-refractivity contribution in [3.63, 3.8) is 0 Å². The van der Waals surface area contributed by atoms with Gasteiger partial charge < -0.3 is 5.32 Å². The van der Waals surface area contributed by atoms with E-state index < -0.39 is 26.6 Å². The molecule has 1 aromatic carbocycles. The summed E-state index contributed by atoms with van der Waals surface area (Å²) in [6.07, 6.45) is 0.584. The lowest BCUT2D eigenvalue weighted by Gasteiger charge is -2.30. The Morgan fingerprint density at radius 3 is 2.43 bits per heavy atom. The van der Waals surface area contributed by atoms with Crippen molar-refractivity contribution in [2.75, 3.05) is 18.4 Å². The predicted molar refractivity (Wildman–Crippen MR) is 99.2 cm³/mol. The highest BCUT2D eigenvalue weighted by molar-refractivity contribution is 7.89. The van der Waals surface area contributed by atoms with E-state index in [-0.39, 0.29) is 24.9 Å². The number of benzene rings is 1. The molecule has 0 saturated carbocycles. The Balaban J connectivity index is 1.68. The zero-order chi connectivity index (χ0) is 20.6. The smallest absolute Gasteiger partial charge is 0.246 e. The van der Waals surface area contributed by atoms with Gasteiger partial charge in [0.1, 0.15) is 16.5 Å². The van der Waals surface area contributed by atoms with E-state index in [1.54, 1.807) is 18.7 Å². The Morgan fingerprint density at radius 1 is 1.21 bits per heavy atom. The van der Waals surface area contributed by atoms with Crippen LogP contribution in [-0.2, 0) is 21.9 Å². The first-order valence-electron chi connectivity index (χ1n) is 8.87. The van der Waals surface area contributed by atoms with Crippen LogP contribution in [0.25, 0.3) is 0 Å². The SMILES string of the molecule is Cc1nn(C)c(C)c1NC(=O)C1CCN(S(=O)(=O)c2cc(F)ccc2F)CC1. The van der Waals surface area contributed by atoms with Gasteiger partial charge in [-0.15, -0.1) is 0 Å². The average Bonchev–Trinajstić information content (AvgIpc) is 2.89. The van der Waals surface area contributed by atoms with Gasteiger partial charge in [0.2, 0.25) is 15.9 Å². The van der Waals surface area contributed by atoms with Crippen LogP contribution in [-0.4, -0.2) is 41.5 Å². The molecule has 2 aromatic rings. The van der Waals surface area contributed by atoms with Gasteiger partial charge >= 0.3 is 0 Å². The van der Waals surface area contributed by atoms with Crippen LogP contribution in [0, 0.1) is 31.4 Å². The van der Waals surface area contributed by atoms with E-state index in [1.165, 1.54) is 0 Å². The van der Waals surface area contributed by atoms with Gasteiger partial charge in [-0.1, -0.05) is 0 Å². The predicted octanol–water partition coefficient (Wildman–Crippen LogP) is 2.35. The van der Waals surface area contributed by atoms with Crippen LogP contribution < -0.4 is 5.32 Å². The van der Waals surface area contributed by atoms with E-state index in [9.17, 15) is 22.0 Å². The third-order valence-electron chi connectivity index (χ3n) is 5.09. The second-order valence-electron chi connectivity index (χ2n) is 6.91. The molecule has 1 aromatic heterocycles. The quantitative estimate of drug-likeness (QED) is 0.836. The van der Waals surface area contributed by atoms with Crippen LogP contribution in [0.3, 0.4) is 0 Å².